The molecule has 0 N–H and O–H groups in total. The van der Waals surface area contributed by atoms with Crippen LogP contribution in [0.15, 0.2) is 4.42 Å². The molecular weight excluding hydrogens is 236 g/mol. The lowest BCUT2D eigenvalue weighted by Gasteiger charge is -1.95. The lowest BCUT2D eigenvalue weighted by molar-refractivity contribution is -0.140. The Morgan fingerprint density at radius 3 is 2.67 bits per heavy atom. The highest BCUT2D eigenvalue weighted by Crippen LogP contribution is 2.25. The average molecular weight is 250 g/mol. The van der Waals surface area contributed by atoms with Gasteiger partial charge in [0.2, 0.25) is 5.89 Å². The van der Waals surface area contributed by atoms with Crippen LogP contribution in [0.2, 0.25) is 0 Å². The fourth-order valence-electron chi connectivity index (χ4n) is 1.70. The number of aryl methyl sites for hydroxylation is 2. The van der Waals surface area contributed by atoms with Gasteiger partial charge in [-0.05, 0) is 13.8 Å². The Labute approximate surface area is 104 Å². The van der Waals surface area contributed by atoms with Gasteiger partial charge < -0.3 is 9.15 Å². The maximum atomic E-state index is 11.1. The van der Waals surface area contributed by atoms with Crippen molar-refractivity contribution in [2.24, 2.45) is 7.05 Å². The van der Waals surface area contributed by atoms with Crippen LogP contribution in [0.25, 0.3) is 11.5 Å². The van der Waals surface area contributed by atoms with Crippen LogP contribution in [0.4, 0.5) is 0 Å². The van der Waals surface area contributed by atoms with E-state index in [0.29, 0.717) is 5.89 Å². The van der Waals surface area contributed by atoms with E-state index >= 15 is 0 Å². The topological polar surface area (TPSA) is 83.0 Å². The number of hydrogen-bond acceptors (Lipinski definition) is 6. The molecule has 2 aromatic heterocycles. The molecule has 0 aromatic carbocycles. The van der Waals surface area contributed by atoms with Gasteiger partial charge >= 0.3 is 5.97 Å². The van der Waals surface area contributed by atoms with E-state index in [0.717, 1.165) is 17.0 Å². The lowest BCUT2D eigenvalue weighted by Crippen LogP contribution is -2.04. The monoisotopic (exact) mass is 250 g/mol. The summed E-state index contributed by atoms with van der Waals surface area (Å²) in [5.74, 6) is 0.196. The summed E-state index contributed by atoms with van der Waals surface area (Å²) in [6.45, 7) is 3.78. The van der Waals surface area contributed by atoms with Crippen LogP contribution in [0, 0.1) is 13.8 Å². The Kier molecular flexibility index (Phi) is 3.14. The first kappa shape index (κ1) is 12.3. The minimum atomic E-state index is -0.412. The first-order valence-corrected chi connectivity index (χ1v) is 5.42. The summed E-state index contributed by atoms with van der Waals surface area (Å²) in [6, 6.07) is 0. The van der Waals surface area contributed by atoms with Gasteiger partial charge in [0, 0.05) is 12.7 Å². The van der Waals surface area contributed by atoms with Gasteiger partial charge in [-0.1, -0.05) is 0 Å². The standard InChI is InChI=1S/C11H14N4O3/c1-6-10(7(2)15(3)14-6)11-13-12-8(18-11)5-9(16)17-4/h5H2,1-4H3. The van der Waals surface area contributed by atoms with Crippen molar-refractivity contribution < 1.29 is 13.9 Å². The zero-order valence-electron chi connectivity index (χ0n) is 10.7. The van der Waals surface area contributed by atoms with Gasteiger partial charge in [0.1, 0.15) is 6.42 Å². The number of aromatic nitrogens is 4. The molecule has 0 fully saturated rings. The highest BCUT2D eigenvalue weighted by molar-refractivity contribution is 5.71. The van der Waals surface area contributed by atoms with Crippen molar-refractivity contribution in [1.29, 1.82) is 0 Å². The molecule has 0 atom stereocenters. The van der Waals surface area contributed by atoms with Crippen LogP contribution in [0.5, 0.6) is 0 Å². The summed E-state index contributed by atoms with van der Waals surface area (Å²) in [6.07, 6.45) is -0.0259. The molecule has 2 aromatic rings. The second-order valence-electron chi connectivity index (χ2n) is 3.92. The number of esters is 1. The maximum Gasteiger partial charge on any atom is 0.315 e. The summed E-state index contributed by atoms with van der Waals surface area (Å²) in [5, 5.41) is 12.0. The van der Waals surface area contributed by atoms with Crippen LogP contribution in [0.3, 0.4) is 0 Å². The van der Waals surface area contributed by atoms with Crippen LogP contribution in [0.1, 0.15) is 17.3 Å². The van der Waals surface area contributed by atoms with Crippen molar-refractivity contribution in [3.63, 3.8) is 0 Å². The van der Waals surface area contributed by atoms with Crippen molar-refractivity contribution in [2.45, 2.75) is 20.3 Å². The Balaban J connectivity index is 2.32. The van der Waals surface area contributed by atoms with Crippen molar-refractivity contribution in [3.8, 4) is 11.5 Å². The van der Waals surface area contributed by atoms with E-state index in [1.165, 1.54) is 7.11 Å². The summed E-state index contributed by atoms with van der Waals surface area (Å²) >= 11 is 0. The quantitative estimate of drug-likeness (QED) is 0.749. The zero-order chi connectivity index (χ0) is 13.3. The molecule has 0 saturated heterocycles. The van der Waals surface area contributed by atoms with Crippen LogP contribution in [-0.2, 0) is 23.0 Å². The van der Waals surface area contributed by atoms with E-state index in [1.807, 2.05) is 20.9 Å². The predicted octanol–water partition coefficient (Wildman–Crippen LogP) is 0.802. The molecule has 0 bridgehead atoms. The number of nitrogens with zero attached hydrogens (tertiary/aromatic N) is 4. The normalized spacial score (nSPS) is 10.7. The highest BCUT2D eigenvalue weighted by atomic mass is 16.5. The Morgan fingerprint density at radius 2 is 2.11 bits per heavy atom. The van der Waals surface area contributed by atoms with Gasteiger partial charge in [0.25, 0.3) is 5.89 Å². The predicted molar refractivity (Wildman–Crippen MR) is 61.7 cm³/mol. The van der Waals surface area contributed by atoms with Gasteiger partial charge in [-0.15, -0.1) is 10.2 Å². The first-order chi connectivity index (χ1) is 8.52. The number of rotatable bonds is 3. The van der Waals surface area contributed by atoms with E-state index in [1.54, 1.807) is 4.68 Å². The Morgan fingerprint density at radius 1 is 1.39 bits per heavy atom. The lowest BCUT2D eigenvalue weighted by atomic mass is 10.2. The summed E-state index contributed by atoms with van der Waals surface area (Å²) < 4.78 is 11.7. The SMILES string of the molecule is COC(=O)Cc1nnc(-c2c(C)nn(C)c2C)o1. The number of carbonyl (C=O) groups excluding carboxylic acids is 1. The molecule has 0 saturated carbocycles. The maximum absolute atomic E-state index is 11.1. The van der Waals surface area contributed by atoms with Crippen molar-refractivity contribution >= 4 is 5.97 Å². The molecule has 0 spiro atoms. The minimum absolute atomic E-state index is 0.0259. The van der Waals surface area contributed by atoms with E-state index < -0.39 is 5.97 Å². The van der Waals surface area contributed by atoms with E-state index in [-0.39, 0.29) is 12.3 Å². The van der Waals surface area contributed by atoms with Crippen LogP contribution < -0.4 is 0 Å². The van der Waals surface area contributed by atoms with Crippen molar-refractivity contribution in [2.75, 3.05) is 7.11 Å². The minimum Gasteiger partial charge on any atom is -0.469 e. The van der Waals surface area contributed by atoms with E-state index in [9.17, 15) is 4.79 Å². The van der Waals surface area contributed by atoms with Crippen molar-refractivity contribution in [1.82, 2.24) is 20.0 Å². The second-order valence-corrected chi connectivity index (χ2v) is 3.92. The molecule has 7 heteroatoms. The molecule has 0 radical (unpaired) electrons. The zero-order valence-corrected chi connectivity index (χ0v) is 10.7. The number of ether oxygens (including phenoxy) is 1. The van der Waals surface area contributed by atoms with Crippen molar-refractivity contribution in [3.05, 3.63) is 17.3 Å². The second kappa shape index (κ2) is 4.59. The molecule has 0 aliphatic carbocycles. The third kappa shape index (κ3) is 2.11. The number of methoxy groups -OCH3 is 1. The third-order valence-electron chi connectivity index (χ3n) is 2.71. The van der Waals surface area contributed by atoms with Gasteiger partial charge in [0.15, 0.2) is 0 Å². The average Bonchev–Trinajstić information content (AvgIpc) is 2.85. The van der Waals surface area contributed by atoms with Gasteiger partial charge in [0.05, 0.1) is 18.4 Å². The molecule has 7 nitrogen and oxygen atoms in total. The van der Waals surface area contributed by atoms with E-state index in [2.05, 4.69) is 20.0 Å². The van der Waals surface area contributed by atoms with Gasteiger partial charge in [-0.3, -0.25) is 9.48 Å². The molecule has 2 heterocycles. The van der Waals surface area contributed by atoms with Gasteiger partial charge in [-0.2, -0.15) is 5.10 Å². The molecule has 96 valence electrons. The fourth-order valence-corrected chi connectivity index (χ4v) is 1.70. The number of hydrogen-bond donors (Lipinski definition) is 0. The molecular formula is C11H14N4O3. The molecule has 0 amide bonds. The Hall–Kier alpha value is -2.18. The summed E-state index contributed by atoms with van der Waals surface area (Å²) in [7, 11) is 3.16. The molecule has 0 unspecified atom stereocenters. The third-order valence-corrected chi connectivity index (χ3v) is 2.71. The molecule has 18 heavy (non-hydrogen) atoms. The number of carbonyl (C=O) groups is 1. The first-order valence-electron chi connectivity index (χ1n) is 5.42. The molecule has 0 aliphatic heterocycles. The Bertz CT molecular complexity index is 585. The smallest absolute Gasteiger partial charge is 0.315 e. The highest BCUT2D eigenvalue weighted by Gasteiger charge is 2.18. The molecule has 2 rings (SSSR count). The summed E-state index contributed by atoms with van der Waals surface area (Å²) in [5.41, 5.74) is 2.55. The van der Waals surface area contributed by atoms with E-state index in [4.69, 9.17) is 4.42 Å². The largest absolute Gasteiger partial charge is 0.469 e. The fraction of sp³-hybridized carbons (Fsp3) is 0.455. The summed E-state index contributed by atoms with van der Waals surface area (Å²) in [4.78, 5) is 11.1. The van der Waals surface area contributed by atoms with Crippen LogP contribution in [-0.4, -0.2) is 33.1 Å². The van der Waals surface area contributed by atoms with Gasteiger partial charge in [-0.25, -0.2) is 0 Å². The molecule has 0 aliphatic rings. The van der Waals surface area contributed by atoms with Crippen LogP contribution >= 0.6 is 0 Å².